The van der Waals surface area contributed by atoms with Crippen molar-refractivity contribution < 1.29 is 53.3 Å². The first-order valence-corrected chi connectivity index (χ1v) is 17.5. The first-order chi connectivity index (χ1) is 22.1. The number of hydrogen-bond donors (Lipinski definition) is 3. The maximum Gasteiger partial charge on any atom is 0.311 e. The Morgan fingerprint density at radius 1 is 0.938 bits per heavy atom. The molecule has 3 aliphatic rings. The molecule has 3 heterocycles. The summed E-state index contributed by atoms with van der Waals surface area (Å²) in [6, 6.07) is -0.207. The molecule has 12 heteroatoms. The predicted octanol–water partition coefficient (Wildman–Crippen LogP) is 3.23. The maximum atomic E-state index is 13.9. The molecule has 0 saturated carbocycles. The highest BCUT2D eigenvalue weighted by atomic mass is 16.7. The molecule has 2 fully saturated rings. The van der Waals surface area contributed by atoms with E-state index in [4.69, 9.17) is 28.4 Å². The summed E-state index contributed by atoms with van der Waals surface area (Å²) in [5.41, 5.74) is -2.20. The van der Waals surface area contributed by atoms with Crippen LogP contribution < -0.4 is 0 Å². The van der Waals surface area contributed by atoms with Crippen LogP contribution in [0.3, 0.4) is 0 Å². The Kier molecular flexibility index (Phi) is 13.9. The van der Waals surface area contributed by atoms with E-state index in [1.807, 2.05) is 46.7 Å². The van der Waals surface area contributed by atoms with Gasteiger partial charge in [0.2, 0.25) is 0 Å². The summed E-state index contributed by atoms with van der Waals surface area (Å²) in [6.45, 7) is 17.7. The molecule has 0 amide bonds. The van der Waals surface area contributed by atoms with E-state index in [2.05, 4.69) is 0 Å². The molecule has 0 aliphatic carbocycles. The number of allylic oxidation sites excluding steroid dienone is 1. The smallest absolute Gasteiger partial charge is 0.311 e. The van der Waals surface area contributed by atoms with E-state index in [1.165, 1.54) is 20.1 Å². The molecular formula is C36H63NO11. The fourth-order valence-electron chi connectivity index (χ4n) is 7.59. The van der Waals surface area contributed by atoms with Crippen molar-refractivity contribution in [3.63, 3.8) is 0 Å². The van der Waals surface area contributed by atoms with Gasteiger partial charge in [-0.1, -0.05) is 20.8 Å². The molecule has 2 saturated heterocycles. The van der Waals surface area contributed by atoms with Gasteiger partial charge in [0.15, 0.2) is 18.4 Å². The van der Waals surface area contributed by atoms with Crippen LogP contribution in [-0.4, -0.2) is 126 Å². The predicted molar refractivity (Wildman–Crippen MR) is 179 cm³/mol. The first kappa shape index (κ1) is 40.9. The molecule has 0 bridgehead atoms. The zero-order valence-corrected chi connectivity index (χ0v) is 31.3. The molecule has 0 radical (unpaired) electrons. The highest BCUT2D eigenvalue weighted by Gasteiger charge is 2.49. The van der Waals surface area contributed by atoms with E-state index in [9.17, 15) is 24.9 Å². The Bertz CT molecular complexity index is 1130. The third kappa shape index (κ3) is 9.24. The molecule has 48 heavy (non-hydrogen) atoms. The van der Waals surface area contributed by atoms with E-state index in [1.54, 1.807) is 34.6 Å². The Balaban J connectivity index is 2.11. The molecule has 3 aliphatic heterocycles. The van der Waals surface area contributed by atoms with Gasteiger partial charge in [-0.2, -0.15) is 0 Å². The van der Waals surface area contributed by atoms with Gasteiger partial charge in [0.05, 0.1) is 35.9 Å². The van der Waals surface area contributed by atoms with Crippen LogP contribution in [0.5, 0.6) is 0 Å². The topological polar surface area (TPSA) is 153 Å². The summed E-state index contributed by atoms with van der Waals surface area (Å²) < 4.78 is 37.3. The van der Waals surface area contributed by atoms with E-state index < -0.39 is 84.1 Å². The molecule has 278 valence electrons. The molecule has 16 atom stereocenters. The lowest BCUT2D eigenvalue weighted by Crippen LogP contribution is -2.58. The van der Waals surface area contributed by atoms with E-state index >= 15 is 0 Å². The molecule has 0 spiro atoms. The van der Waals surface area contributed by atoms with Gasteiger partial charge in [-0.3, -0.25) is 9.59 Å². The van der Waals surface area contributed by atoms with Crippen LogP contribution in [0.15, 0.2) is 11.6 Å². The molecule has 3 rings (SSSR count). The van der Waals surface area contributed by atoms with Crippen molar-refractivity contribution in [1.29, 1.82) is 0 Å². The number of rotatable bonds is 6. The Morgan fingerprint density at radius 2 is 1.56 bits per heavy atom. The van der Waals surface area contributed by atoms with Gasteiger partial charge in [0.1, 0.15) is 23.9 Å². The number of nitrogens with zero attached hydrogens (tertiary/aromatic N) is 1. The summed E-state index contributed by atoms with van der Waals surface area (Å²) >= 11 is 0. The lowest BCUT2D eigenvalue weighted by molar-refractivity contribution is -0.309. The van der Waals surface area contributed by atoms with Crippen molar-refractivity contribution in [2.45, 2.75) is 161 Å². The van der Waals surface area contributed by atoms with Gasteiger partial charge < -0.3 is 48.6 Å². The molecular weight excluding hydrogens is 622 g/mol. The van der Waals surface area contributed by atoms with Crippen molar-refractivity contribution in [2.75, 3.05) is 21.2 Å². The van der Waals surface area contributed by atoms with Gasteiger partial charge in [0, 0.05) is 31.4 Å². The minimum absolute atomic E-state index is 0.137. The minimum atomic E-state index is -1.61. The van der Waals surface area contributed by atoms with Gasteiger partial charge in [-0.25, -0.2) is 0 Å². The number of ketones is 1. The standard InChI is InChI=1S/C36H63NO11/c1-18-14-19(2)30(48-34-29(39)26(37(11)12)15-21(4)44-34)22(5)31(47-27-17-36(10,43-13)32(40)24(7)45-27)23(6)33(41)46-25(8)35(9,42)16-20(3)28(18)38/h16,18-19,21-27,29-32,34,39-40,42H,14-15,17H2,1-13H3/b20-16+/t18-,19+,21-,22+,23-,24+,25-,26?,27?,29?,30?,31?,32?,34?,35+,36?/m1/s1. The molecule has 3 N–H and O–H groups in total. The van der Waals surface area contributed by atoms with Crippen molar-refractivity contribution in [1.82, 2.24) is 4.90 Å². The van der Waals surface area contributed by atoms with Gasteiger partial charge in [0.25, 0.3) is 0 Å². The monoisotopic (exact) mass is 685 g/mol. The highest BCUT2D eigenvalue weighted by molar-refractivity contribution is 5.96. The number of aliphatic hydroxyl groups excluding tert-OH is 2. The van der Waals surface area contributed by atoms with E-state index in [0.717, 1.165) is 0 Å². The van der Waals surface area contributed by atoms with Crippen LogP contribution in [0.1, 0.15) is 88.5 Å². The van der Waals surface area contributed by atoms with Gasteiger partial charge >= 0.3 is 5.97 Å². The fourth-order valence-corrected chi connectivity index (χ4v) is 7.59. The summed E-state index contributed by atoms with van der Waals surface area (Å²) in [5, 5.41) is 33.5. The summed E-state index contributed by atoms with van der Waals surface area (Å²) in [6.07, 6.45) is -4.30. The number of Topliss-reactive ketones (excluding diaryl/α,β-unsaturated/α-hetero) is 1. The number of aliphatic hydroxyl groups is 3. The molecule has 8 unspecified atom stereocenters. The Morgan fingerprint density at radius 3 is 2.15 bits per heavy atom. The minimum Gasteiger partial charge on any atom is -0.459 e. The second kappa shape index (κ2) is 16.2. The van der Waals surface area contributed by atoms with Crippen LogP contribution in [0, 0.1) is 23.7 Å². The quantitative estimate of drug-likeness (QED) is 0.352. The van der Waals surface area contributed by atoms with Crippen LogP contribution in [0.4, 0.5) is 0 Å². The van der Waals surface area contributed by atoms with Crippen molar-refractivity contribution in [3.05, 3.63) is 11.6 Å². The third-order valence-corrected chi connectivity index (χ3v) is 11.0. The summed E-state index contributed by atoms with van der Waals surface area (Å²) in [7, 11) is 5.34. The SMILES string of the molecule is COC1(C)CC(OC2[C@@H](C)C(OC3O[C@H](C)CC(N(C)C)C3O)[C@@H](C)C[C@@H](C)C(=O)/C(C)=C/[C@](C)(O)[C@@H](C)OC(=O)[C@@H]2C)O[C@@H](C)C1O. The lowest BCUT2D eigenvalue weighted by atomic mass is 9.79. The van der Waals surface area contributed by atoms with Gasteiger partial charge in [-0.05, 0) is 93.0 Å². The highest BCUT2D eigenvalue weighted by Crippen LogP contribution is 2.38. The molecule has 0 aromatic carbocycles. The second-order valence-electron chi connectivity index (χ2n) is 15.5. The maximum absolute atomic E-state index is 13.9. The van der Waals surface area contributed by atoms with Crippen LogP contribution in [0.2, 0.25) is 0 Å². The van der Waals surface area contributed by atoms with E-state index in [-0.39, 0.29) is 30.3 Å². The molecule has 0 aromatic rings. The van der Waals surface area contributed by atoms with E-state index in [0.29, 0.717) is 18.4 Å². The average molecular weight is 686 g/mol. The number of cyclic esters (lactones) is 1. The van der Waals surface area contributed by atoms with Crippen LogP contribution in [-0.2, 0) is 38.0 Å². The zero-order chi connectivity index (χ0) is 36.5. The Labute approximate surface area is 287 Å². The number of esters is 1. The second-order valence-corrected chi connectivity index (χ2v) is 15.5. The largest absolute Gasteiger partial charge is 0.459 e. The van der Waals surface area contributed by atoms with Crippen molar-refractivity contribution >= 4 is 11.8 Å². The van der Waals surface area contributed by atoms with Crippen molar-refractivity contribution in [3.8, 4) is 0 Å². The lowest BCUT2D eigenvalue weighted by Gasteiger charge is -2.47. The number of carbonyl (C=O) groups is 2. The van der Waals surface area contributed by atoms with Gasteiger partial charge in [-0.15, -0.1) is 0 Å². The average Bonchev–Trinajstić information content (AvgIpc) is 3.00. The fraction of sp³-hybridized carbons (Fsp3) is 0.889. The first-order valence-electron chi connectivity index (χ1n) is 17.5. The number of methoxy groups -OCH3 is 1. The van der Waals surface area contributed by atoms with Crippen LogP contribution >= 0.6 is 0 Å². The molecule has 12 nitrogen and oxygen atoms in total. The summed E-state index contributed by atoms with van der Waals surface area (Å²) in [5.74, 6) is -2.84. The number of carbonyl (C=O) groups excluding carboxylic acids is 2. The van der Waals surface area contributed by atoms with Crippen molar-refractivity contribution in [2.24, 2.45) is 23.7 Å². The third-order valence-electron chi connectivity index (χ3n) is 11.0. The summed E-state index contributed by atoms with van der Waals surface area (Å²) in [4.78, 5) is 29.4. The normalized spacial score (nSPS) is 48.4. The van der Waals surface area contributed by atoms with Crippen LogP contribution in [0.25, 0.3) is 0 Å². The number of likely N-dealkylation sites (N-methyl/N-ethyl adjacent to an activating group) is 1. The Hall–Kier alpha value is -1.48. The number of hydrogen-bond acceptors (Lipinski definition) is 12. The molecule has 0 aromatic heterocycles. The number of ether oxygens (including phenoxy) is 6. The zero-order valence-electron chi connectivity index (χ0n) is 31.3.